The first-order valence-electron chi connectivity index (χ1n) is 8.19. The summed E-state index contributed by atoms with van der Waals surface area (Å²) in [6.45, 7) is 6.88. The molecule has 1 aromatic rings. The predicted octanol–water partition coefficient (Wildman–Crippen LogP) is 3.20. The Kier molecular flexibility index (Phi) is 9.28. The summed E-state index contributed by atoms with van der Waals surface area (Å²) in [6.07, 6.45) is 5.59. The molecule has 0 radical (unpaired) electrons. The van der Waals surface area contributed by atoms with Gasteiger partial charge in [0.2, 0.25) is 5.88 Å². The third-order valence-electron chi connectivity index (χ3n) is 3.66. The van der Waals surface area contributed by atoms with Gasteiger partial charge in [0.05, 0.1) is 6.61 Å². The predicted molar refractivity (Wildman–Crippen MR) is 106 cm³/mol. The summed E-state index contributed by atoms with van der Waals surface area (Å²) in [4.78, 5) is 8.57. The highest BCUT2D eigenvalue weighted by molar-refractivity contribution is 14.0. The van der Waals surface area contributed by atoms with Gasteiger partial charge in [-0.25, -0.2) is 4.98 Å². The Morgan fingerprint density at radius 3 is 2.70 bits per heavy atom. The molecule has 0 bridgehead atoms. The summed E-state index contributed by atoms with van der Waals surface area (Å²) >= 11 is 0. The maximum absolute atomic E-state index is 5.64. The second kappa shape index (κ2) is 10.7. The summed E-state index contributed by atoms with van der Waals surface area (Å²) < 4.78 is 5.64. The van der Waals surface area contributed by atoms with E-state index in [9.17, 15) is 0 Å². The third kappa shape index (κ3) is 8.39. The van der Waals surface area contributed by atoms with Gasteiger partial charge >= 0.3 is 0 Å². The Hall–Kier alpha value is -1.05. The molecular weight excluding hydrogens is 403 g/mol. The van der Waals surface area contributed by atoms with Crippen molar-refractivity contribution in [3.8, 4) is 5.88 Å². The van der Waals surface area contributed by atoms with Crippen molar-refractivity contribution in [2.75, 3.05) is 20.2 Å². The van der Waals surface area contributed by atoms with E-state index in [2.05, 4.69) is 34.5 Å². The molecule has 1 aliphatic rings. The molecule has 1 heterocycles. The minimum Gasteiger partial charge on any atom is -0.477 e. The topological polar surface area (TPSA) is 58.5 Å². The number of guanidine groups is 1. The molecule has 1 aromatic heterocycles. The van der Waals surface area contributed by atoms with Crippen LogP contribution in [0.2, 0.25) is 0 Å². The van der Waals surface area contributed by atoms with Crippen LogP contribution in [0.3, 0.4) is 0 Å². The van der Waals surface area contributed by atoms with Crippen LogP contribution in [0.15, 0.2) is 23.3 Å². The molecule has 1 saturated carbocycles. The van der Waals surface area contributed by atoms with Crippen molar-refractivity contribution in [2.45, 2.75) is 39.7 Å². The van der Waals surface area contributed by atoms with Gasteiger partial charge in [-0.15, -0.1) is 24.0 Å². The molecule has 5 nitrogen and oxygen atoms in total. The van der Waals surface area contributed by atoms with Crippen molar-refractivity contribution < 1.29 is 4.74 Å². The Morgan fingerprint density at radius 1 is 1.35 bits per heavy atom. The average molecular weight is 432 g/mol. The van der Waals surface area contributed by atoms with Gasteiger partial charge < -0.3 is 15.4 Å². The normalized spacial score (nSPS) is 14.3. The highest BCUT2D eigenvalue weighted by Gasteiger charge is 2.21. The highest BCUT2D eigenvalue weighted by atomic mass is 127. The van der Waals surface area contributed by atoms with Crippen LogP contribution in [0, 0.1) is 11.8 Å². The lowest BCUT2D eigenvalue weighted by atomic mass is 10.1. The SMILES string of the molecule is CN=C(NCCC(C)C)NCc1ccc(OCC2CC2)nc1.I. The van der Waals surface area contributed by atoms with E-state index in [-0.39, 0.29) is 24.0 Å². The van der Waals surface area contributed by atoms with E-state index in [1.807, 2.05) is 18.3 Å². The molecule has 0 unspecified atom stereocenters. The number of nitrogens with zero attached hydrogens (tertiary/aromatic N) is 2. The van der Waals surface area contributed by atoms with Crippen molar-refractivity contribution in [1.82, 2.24) is 15.6 Å². The zero-order chi connectivity index (χ0) is 15.8. The van der Waals surface area contributed by atoms with Crippen molar-refractivity contribution >= 4 is 29.9 Å². The zero-order valence-corrected chi connectivity index (χ0v) is 16.7. The smallest absolute Gasteiger partial charge is 0.213 e. The second-order valence-corrected chi connectivity index (χ2v) is 6.29. The molecule has 2 N–H and O–H groups in total. The van der Waals surface area contributed by atoms with Gasteiger partial charge in [-0.2, -0.15) is 0 Å². The average Bonchev–Trinajstić information content (AvgIpc) is 3.33. The zero-order valence-electron chi connectivity index (χ0n) is 14.3. The summed E-state index contributed by atoms with van der Waals surface area (Å²) in [5.41, 5.74) is 1.12. The van der Waals surface area contributed by atoms with Crippen LogP contribution in [0.4, 0.5) is 0 Å². The van der Waals surface area contributed by atoms with Crippen molar-refractivity contribution in [2.24, 2.45) is 16.8 Å². The summed E-state index contributed by atoms with van der Waals surface area (Å²) in [6, 6.07) is 3.98. The second-order valence-electron chi connectivity index (χ2n) is 6.29. The van der Waals surface area contributed by atoms with Gasteiger partial charge in [0, 0.05) is 32.4 Å². The van der Waals surface area contributed by atoms with Gasteiger partial charge in [-0.1, -0.05) is 19.9 Å². The number of aliphatic imine (C=N–C) groups is 1. The molecule has 0 spiro atoms. The van der Waals surface area contributed by atoms with E-state index in [0.29, 0.717) is 12.5 Å². The number of hydrogen-bond acceptors (Lipinski definition) is 3. The van der Waals surface area contributed by atoms with Crippen LogP contribution in [-0.2, 0) is 6.54 Å². The number of pyridine rings is 1. The first-order chi connectivity index (χ1) is 10.7. The minimum atomic E-state index is 0. The van der Waals surface area contributed by atoms with Crippen LogP contribution in [0.5, 0.6) is 5.88 Å². The standard InChI is InChI=1S/C17H28N4O.HI/c1-13(2)8-9-19-17(18-3)21-11-15-6-7-16(20-10-15)22-12-14-4-5-14;/h6-7,10,13-14H,4-5,8-9,11-12H2,1-3H3,(H2,18,19,21);1H. The summed E-state index contributed by atoms with van der Waals surface area (Å²) in [7, 11) is 1.79. The lowest BCUT2D eigenvalue weighted by molar-refractivity contribution is 0.288. The van der Waals surface area contributed by atoms with E-state index in [4.69, 9.17) is 4.74 Å². The maximum atomic E-state index is 5.64. The molecular formula is C17H29IN4O. The van der Waals surface area contributed by atoms with Crippen molar-refractivity contribution in [3.05, 3.63) is 23.9 Å². The number of aromatic nitrogens is 1. The molecule has 1 aliphatic carbocycles. The highest BCUT2D eigenvalue weighted by Crippen LogP contribution is 2.29. The first kappa shape index (κ1) is 20.0. The largest absolute Gasteiger partial charge is 0.477 e. The molecule has 6 heteroatoms. The van der Waals surface area contributed by atoms with Gasteiger partial charge in [-0.3, -0.25) is 4.99 Å². The van der Waals surface area contributed by atoms with Gasteiger partial charge in [0.15, 0.2) is 5.96 Å². The molecule has 0 aliphatic heterocycles. The maximum Gasteiger partial charge on any atom is 0.213 e. The fraction of sp³-hybridized carbons (Fsp3) is 0.647. The molecule has 1 fully saturated rings. The van der Waals surface area contributed by atoms with Crippen LogP contribution in [0.25, 0.3) is 0 Å². The minimum absolute atomic E-state index is 0. The van der Waals surface area contributed by atoms with Crippen molar-refractivity contribution in [3.63, 3.8) is 0 Å². The van der Waals surface area contributed by atoms with E-state index in [1.165, 1.54) is 12.8 Å². The summed E-state index contributed by atoms with van der Waals surface area (Å²) in [5.74, 6) is 2.99. The van der Waals surface area contributed by atoms with E-state index < -0.39 is 0 Å². The Labute approximate surface area is 156 Å². The number of hydrogen-bond donors (Lipinski definition) is 2. The fourth-order valence-electron chi connectivity index (χ4n) is 1.97. The number of ether oxygens (including phenoxy) is 1. The van der Waals surface area contributed by atoms with Crippen LogP contribution in [-0.4, -0.2) is 31.1 Å². The fourth-order valence-corrected chi connectivity index (χ4v) is 1.97. The third-order valence-corrected chi connectivity index (χ3v) is 3.66. The van der Waals surface area contributed by atoms with Crippen LogP contribution < -0.4 is 15.4 Å². The lowest BCUT2D eigenvalue weighted by Gasteiger charge is -2.13. The molecule has 0 saturated heterocycles. The molecule has 2 rings (SSSR count). The van der Waals surface area contributed by atoms with Crippen LogP contribution in [0.1, 0.15) is 38.7 Å². The lowest BCUT2D eigenvalue weighted by Crippen LogP contribution is -2.37. The Morgan fingerprint density at radius 2 is 2.13 bits per heavy atom. The Balaban J connectivity index is 0.00000264. The van der Waals surface area contributed by atoms with Gasteiger partial charge in [0.1, 0.15) is 0 Å². The van der Waals surface area contributed by atoms with Gasteiger partial charge in [-0.05, 0) is 36.7 Å². The molecule has 0 atom stereocenters. The van der Waals surface area contributed by atoms with E-state index >= 15 is 0 Å². The molecule has 0 aromatic carbocycles. The van der Waals surface area contributed by atoms with Gasteiger partial charge in [0.25, 0.3) is 0 Å². The Bertz CT molecular complexity index is 472. The monoisotopic (exact) mass is 432 g/mol. The van der Waals surface area contributed by atoms with Crippen molar-refractivity contribution in [1.29, 1.82) is 0 Å². The number of halogens is 1. The quantitative estimate of drug-likeness (QED) is 0.377. The van der Waals surface area contributed by atoms with Crippen LogP contribution >= 0.6 is 24.0 Å². The molecule has 0 amide bonds. The number of nitrogens with one attached hydrogen (secondary N) is 2. The molecule has 130 valence electrons. The van der Waals surface area contributed by atoms with E-state index in [0.717, 1.165) is 42.9 Å². The number of rotatable bonds is 8. The molecule has 23 heavy (non-hydrogen) atoms. The summed E-state index contributed by atoms with van der Waals surface area (Å²) in [5, 5.41) is 6.61. The first-order valence-corrected chi connectivity index (χ1v) is 8.19. The van der Waals surface area contributed by atoms with E-state index in [1.54, 1.807) is 7.05 Å².